The van der Waals surface area contributed by atoms with Crippen molar-refractivity contribution in [3.8, 4) is 0 Å². The molecule has 0 amide bonds. The molecule has 1 unspecified atom stereocenters. The molecule has 133 valence electrons. The summed E-state index contributed by atoms with van der Waals surface area (Å²) in [5.41, 5.74) is 0. The summed E-state index contributed by atoms with van der Waals surface area (Å²) in [6.07, 6.45) is 25.7. The topological polar surface area (TPSA) is 0 Å². The molecule has 0 aliphatic carbocycles. The third-order valence-corrected chi connectivity index (χ3v) is 5.04. The van der Waals surface area contributed by atoms with Crippen molar-refractivity contribution in [2.75, 3.05) is 0 Å². The quantitative estimate of drug-likeness (QED) is 0.223. The predicted octanol–water partition coefficient (Wildman–Crippen LogP) is 8.50. The van der Waals surface area contributed by atoms with Gasteiger partial charge in [0.15, 0.2) is 0 Å². The molecule has 0 saturated carbocycles. The van der Waals surface area contributed by atoms with Gasteiger partial charge in [0.2, 0.25) is 0 Å². The Bertz CT molecular complexity index is 184. The fraction of sp³-hybridized carbons (Fsp3) is 0.955. The van der Waals surface area contributed by atoms with Gasteiger partial charge in [-0.15, -0.1) is 0 Å². The van der Waals surface area contributed by atoms with Gasteiger partial charge in [-0.25, -0.2) is 0 Å². The largest absolute Gasteiger partial charge is 0.0654 e. The van der Waals surface area contributed by atoms with Crippen molar-refractivity contribution in [3.63, 3.8) is 0 Å². The maximum atomic E-state index is 3.96. The maximum absolute atomic E-state index is 3.96. The van der Waals surface area contributed by atoms with Gasteiger partial charge in [-0.05, 0) is 5.92 Å². The van der Waals surface area contributed by atoms with Gasteiger partial charge in [0.05, 0.1) is 0 Å². The second kappa shape index (κ2) is 19.0. The first-order chi connectivity index (χ1) is 10.8. The minimum Gasteiger partial charge on any atom is -0.0654 e. The van der Waals surface area contributed by atoms with Crippen molar-refractivity contribution in [2.45, 2.75) is 129 Å². The molecule has 22 heavy (non-hydrogen) atoms. The van der Waals surface area contributed by atoms with E-state index in [0.717, 1.165) is 12.3 Å². The van der Waals surface area contributed by atoms with Crippen LogP contribution in [0.1, 0.15) is 129 Å². The van der Waals surface area contributed by atoms with Gasteiger partial charge < -0.3 is 0 Å². The lowest BCUT2D eigenvalue weighted by Gasteiger charge is -2.16. The first kappa shape index (κ1) is 22.0. The second-order valence-corrected chi connectivity index (χ2v) is 7.33. The van der Waals surface area contributed by atoms with Gasteiger partial charge in [0.25, 0.3) is 0 Å². The Hall–Kier alpha value is 0. The molecule has 1 radical (unpaired) electrons. The highest BCUT2D eigenvalue weighted by atomic mass is 14.1. The zero-order valence-electron chi connectivity index (χ0n) is 16.0. The van der Waals surface area contributed by atoms with Crippen LogP contribution in [0.5, 0.6) is 0 Å². The third kappa shape index (κ3) is 16.4. The number of hydrogen-bond acceptors (Lipinski definition) is 0. The van der Waals surface area contributed by atoms with E-state index in [-0.39, 0.29) is 0 Å². The summed E-state index contributed by atoms with van der Waals surface area (Å²) >= 11 is 0. The van der Waals surface area contributed by atoms with Crippen LogP contribution < -0.4 is 0 Å². The normalized spacial score (nSPS) is 12.7. The Balaban J connectivity index is 3.58. The van der Waals surface area contributed by atoms with E-state index in [9.17, 15) is 0 Å². The van der Waals surface area contributed by atoms with Crippen LogP contribution in [0.25, 0.3) is 0 Å². The molecule has 0 saturated heterocycles. The van der Waals surface area contributed by atoms with E-state index >= 15 is 0 Å². The van der Waals surface area contributed by atoms with Crippen LogP contribution in [0.4, 0.5) is 0 Å². The van der Waals surface area contributed by atoms with Crippen LogP contribution in [0.3, 0.4) is 0 Å². The van der Waals surface area contributed by atoms with E-state index in [1.165, 1.54) is 109 Å². The van der Waals surface area contributed by atoms with E-state index in [2.05, 4.69) is 20.8 Å². The standard InChI is InChI=1S/C22H45/c1-4-7-10-12-13-14-15-18-21-22(19-16-9-6-3)20-17-11-8-5-2/h22H,2,4-21H2,1,3H3. The Morgan fingerprint density at radius 3 is 1.36 bits per heavy atom. The zero-order chi connectivity index (χ0) is 16.3. The minimum atomic E-state index is 1.02. The molecule has 0 aliphatic heterocycles. The smallest absolute Gasteiger partial charge is 0.0414 e. The molecule has 0 heterocycles. The average molecular weight is 310 g/mol. The van der Waals surface area contributed by atoms with Gasteiger partial charge >= 0.3 is 0 Å². The summed E-state index contributed by atoms with van der Waals surface area (Å²) in [6, 6.07) is 0. The van der Waals surface area contributed by atoms with Gasteiger partial charge in [-0.2, -0.15) is 0 Å². The molecule has 0 spiro atoms. The molecule has 0 fully saturated rings. The van der Waals surface area contributed by atoms with Crippen molar-refractivity contribution < 1.29 is 0 Å². The van der Waals surface area contributed by atoms with Crippen LogP contribution in [0.2, 0.25) is 0 Å². The molecule has 0 bridgehead atoms. The Morgan fingerprint density at radius 1 is 0.500 bits per heavy atom. The molecule has 0 N–H and O–H groups in total. The third-order valence-electron chi connectivity index (χ3n) is 5.04. The van der Waals surface area contributed by atoms with Gasteiger partial charge in [-0.1, -0.05) is 136 Å². The van der Waals surface area contributed by atoms with Crippen LogP contribution in [-0.2, 0) is 0 Å². The van der Waals surface area contributed by atoms with Crippen LogP contribution in [0, 0.1) is 12.8 Å². The Morgan fingerprint density at radius 2 is 0.864 bits per heavy atom. The second-order valence-electron chi connectivity index (χ2n) is 7.33. The Labute approximate surface area is 142 Å². The highest BCUT2D eigenvalue weighted by molar-refractivity contribution is 4.62. The molecule has 0 aliphatic rings. The minimum absolute atomic E-state index is 1.02. The molecular weight excluding hydrogens is 264 g/mol. The first-order valence-electron chi connectivity index (χ1n) is 10.6. The van der Waals surface area contributed by atoms with Crippen molar-refractivity contribution >= 4 is 0 Å². The van der Waals surface area contributed by atoms with Crippen molar-refractivity contribution in [1.29, 1.82) is 0 Å². The summed E-state index contributed by atoms with van der Waals surface area (Å²) in [4.78, 5) is 0. The SMILES string of the molecule is [CH2]CCCCCC(CCCCC)CCCCCCCCCC. The van der Waals surface area contributed by atoms with Crippen molar-refractivity contribution in [2.24, 2.45) is 5.92 Å². The lowest BCUT2D eigenvalue weighted by molar-refractivity contribution is 0.369. The lowest BCUT2D eigenvalue weighted by atomic mass is 9.90. The van der Waals surface area contributed by atoms with Crippen LogP contribution >= 0.6 is 0 Å². The first-order valence-corrected chi connectivity index (χ1v) is 10.6. The fourth-order valence-corrected chi connectivity index (χ4v) is 3.47. The van der Waals surface area contributed by atoms with Crippen molar-refractivity contribution in [1.82, 2.24) is 0 Å². The molecule has 0 aromatic rings. The Kier molecular flexibility index (Phi) is 19.0. The van der Waals surface area contributed by atoms with E-state index in [1.54, 1.807) is 0 Å². The summed E-state index contributed by atoms with van der Waals surface area (Å²) in [5, 5.41) is 0. The number of rotatable bonds is 18. The van der Waals surface area contributed by atoms with E-state index < -0.39 is 0 Å². The van der Waals surface area contributed by atoms with Crippen LogP contribution in [0.15, 0.2) is 0 Å². The van der Waals surface area contributed by atoms with E-state index in [1.807, 2.05) is 0 Å². The number of unbranched alkanes of at least 4 members (excludes halogenated alkanes) is 12. The summed E-state index contributed by atoms with van der Waals surface area (Å²) < 4.78 is 0. The van der Waals surface area contributed by atoms with Gasteiger partial charge in [0, 0.05) is 0 Å². The molecule has 0 nitrogen and oxygen atoms in total. The molecule has 0 rings (SSSR count). The highest BCUT2D eigenvalue weighted by Gasteiger charge is 2.08. The summed E-state index contributed by atoms with van der Waals surface area (Å²) in [5.74, 6) is 1.02. The molecule has 1 atom stereocenters. The van der Waals surface area contributed by atoms with Crippen LogP contribution in [-0.4, -0.2) is 0 Å². The number of hydrogen-bond donors (Lipinski definition) is 0. The molecule has 0 aromatic carbocycles. The monoisotopic (exact) mass is 309 g/mol. The van der Waals surface area contributed by atoms with Gasteiger partial charge in [-0.3, -0.25) is 0 Å². The fourth-order valence-electron chi connectivity index (χ4n) is 3.47. The molecular formula is C22H45. The summed E-state index contributed by atoms with van der Waals surface area (Å²) in [6.45, 7) is 8.58. The van der Waals surface area contributed by atoms with E-state index in [4.69, 9.17) is 0 Å². The average Bonchev–Trinajstić information content (AvgIpc) is 2.53. The van der Waals surface area contributed by atoms with Crippen molar-refractivity contribution in [3.05, 3.63) is 6.92 Å². The highest BCUT2D eigenvalue weighted by Crippen LogP contribution is 2.24. The molecule has 0 heteroatoms. The zero-order valence-corrected chi connectivity index (χ0v) is 16.0. The molecule has 0 aromatic heterocycles. The predicted molar refractivity (Wildman–Crippen MR) is 103 cm³/mol. The lowest BCUT2D eigenvalue weighted by Crippen LogP contribution is -2.01. The maximum Gasteiger partial charge on any atom is -0.0414 e. The summed E-state index contributed by atoms with van der Waals surface area (Å²) in [7, 11) is 0. The van der Waals surface area contributed by atoms with E-state index in [0.29, 0.717) is 0 Å². The van der Waals surface area contributed by atoms with Gasteiger partial charge in [0.1, 0.15) is 0 Å².